The van der Waals surface area contributed by atoms with Crippen LogP contribution in [0.4, 0.5) is 5.69 Å². The third kappa shape index (κ3) is 4.06. The number of carbonyl (C=O) groups is 1. The summed E-state index contributed by atoms with van der Waals surface area (Å²) in [4.78, 5) is 17.2. The van der Waals surface area contributed by atoms with Gasteiger partial charge in [-0.1, -0.05) is 31.4 Å². The maximum atomic E-state index is 12.7. The lowest BCUT2D eigenvalue weighted by molar-refractivity contribution is -0.119. The Morgan fingerprint density at radius 1 is 1.16 bits per heavy atom. The summed E-state index contributed by atoms with van der Waals surface area (Å²) in [5, 5.41) is 0. The Labute approximate surface area is 151 Å². The molecule has 4 nitrogen and oxygen atoms in total. The Bertz CT molecular complexity index is 620. The van der Waals surface area contributed by atoms with E-state index in [0.717, 1.165) is 44.0 Å². The van der Waals surface area contributed by atoms with E-state index >= 15 is 0 Å². The van der Waals surface area contributed by atoms with E-state index < -0.39 is 0 Å². The second-order valence-corrected chi connectivity index (χ2v) is 8.17. The highest BCUT2D eigenvalue weighted by atomic mass is 16.2. The van der Waals surface area contributed by atoms with Gasteiger partial charge in [-0.05, 0) is 68.3 Å². The van der Waals surface area contributed by atoms with E-state index in [4.69, 9.17) is 5.73 Å². The van der Waals surface area contributed by atoms with Crippen molar-refractivity contribution in [3.05, 3.63) is 29.3 Å². The quantitative estimate of drug-likeness (QED) is 0.865. The summed E-state index contributed by atoms with van der Waals surface area (Å²) in [6, 6.07) is 6.33. The first-order valence-electron chi connectivity index (χ1n) is 10.1. The minimum Gasteiger partial charge on any atom is -0.320 e. The number of amides is 1. The summed E-state index contributed by atoms with van der Waals surface area (Å²) >= 11 is 0. The van der Waals surface area contributed by atoms with E-state index in [9.17, 15) is 4.79 Å². The molecule has 2 heterocycles. The molecule has 1 saturated heterocycles. The van der Waals surface area contributed by atoms with Gasteiger partial charge in [-0.3, -0.25) is 9.69 Å². The second kappa shape index (κ2) is 7.46. The largest absolute Gasteiger partial charge is 0.320 e. The molecule has 136 valence electrons. The number of fused-ring (bicyclic) bond motifs is 1. The van der Waals surface area contributed by atoms with E-state index in [0.29, 0.717) is 0 Å². The minimum absolute atomic E-state index is 0.114. The van der Waals surface area contributed by atoms with Gasteiger partial charge in [-0.25, -0.2) is 0 Å². The van der Waals surface area contributed by atoms with Crippen LogP contribution in [0.2, 0.25) is 0 Å². The van der Waals surface area contributed by atoms with E-state index in [2.05, 4.69) is 23.1 Å². The highest BCUT2D eigenvalue weighted by Crippen LogP contribution is 2.34. The highest BCUT2D eigenvalue weighted by molar-refractivity contribution is 5.98. The molecule has 3 aliphatic rings. The normalized spacial score (nSPS) is 22.0. The minimum atomic E-state index is -0.334. The van der Waals surface area contributed by atoms with Gasteiger partial charge < -0.3 is 10.6 Å². The maximum Gasteiger partial charge on any atom is 0.243 e. The van der Waals surface area contributed by atoms with Gasteiger partial charge in [0.15, 0.2) is 0 Å². The molecule has 0 radical (unpaired) electrons. The number of hydrogen-bond donors (Lipinski definition) is 1. The van der Waals surface area contributed by atoms with Crippen LogP contribution in [0.3, 0.4) is 0 Å². The molecule has 1 saturated carbocycles. The van der Waals surface area contributed by atoms with E-state index in [-0.39, 0.29) is 11.9 Å². The number of likely N-dealkylation sites (tertiary alicyclic amines) is 1. The van der Waals surface area contributed by atoms with Crippen molar-refractivity contribution >= 4 is 11.6 Å². The Morgan fingerprint density at radius 3 is 2.72 bits per heavy atom. The van der Waals surface area contributed by atoms with Gasteiger partial charge in [0.2, 0.25) is 5.91 Å². The molecule has 1 aromatic rings. The van der Waals surface area contributed by atoms with E-state index in [1.54, 1.807) is 0 Å². The van der Waals surface area contributed by atoms with Gasteiger partial charge in [-0.2, -0.15) is 0 Å². The van der Waals surface area contributed by atoms with Crippen molar-refractivity contribution in [2.24, 2.45) is 11.7 Å². The van der Waals surface area contributed by atoms with Crippen LogP contribution in [0, 0.1) is 5.92 Å². The second-order valence-electron chi connectivity index (χ2n) is 8.17. The first kappa shape index (κ1) is 17.0. The fraction of sp³-hybridized carbons (Fsp3) is 0.667. The van der Waals surface area contributed by atoms with Crippen LogP contribution in [0.15, 0.2) is 18.2 Å². The Balaban J connectivity index is 1.38. The zero-order valence-electron chi connectivity index (χ0n) is 15.3. The number of nitrogens with two attached hydrogens (primary N) is 1. The molecule has 4 heteroatoms. The summed E-state index contributed by atoms with van der Waals surface area (Å²) in [7, 11) is 0. The summed E-state index contributed by atoms with van der Waals surface area (Å²) in [6.45, 7) is 4.27. The van der Waals surface area contributed by atoms with Crippen molar-refractivity contribution in [1.82, 2.24) is 4.90 Å². The van der Waals surface area contributed by atoms with Gasteiger partial charge in [0, 0.05) is 18.8 Å². The first-order valence-corrected chi connectivity index (χ1v) is 10.1. The smallest absolute Gasteiger partial charge is 0.243 e. The third-order valence-corrected chi connectivity index (χ3v) is 6.06. The molecule has 1 aromatic carbocycles. The molecule has 0 bridgehead atoms. The van der Waals surface area contributed by atoms with Crippen LogP contribution in [0.5, 0.6) is 0 Å². The summed E-state index contributed by atoms with van der Waals surface area (Å²) in [5.74, 6) is 0.949. The van der Waals surface area contributed by atoms with Gasteiger partial charge in [0.25, 0.3) is 0 Å². The van der Waals surface area contributed by atoms with Crippen molar-refractivity contribution in [2.45, 2.75) is 64.0 Å². The molecule has 2 aliphatic heterocycles. The molecule has 4 rings (SSSR count). The summed E-state index contributed by atoms with van der Waals surface area (Å²) in [6.07, 6.45) is 9.59. The number of rotatable bonds is 6. The highest BCUT2D eigenvalue weighted by Gasteiger charge is 2.30. The predicted octanol–water partition coefficient (Wildman–Crippen LogP) is 3.08. The molecule has 0 aromatic heterocycles. The lowest BCUT2D eigenvalue weighted by Crippen LogP contribution is -2.43. The average molecular weight is 341 g/mol. The third-order valence-electron chi connectivity index (χ3n) is 6.06. The molecule has 2 fully saturated rings. The fourth-order valence-electron chi connectivity index (χ4n) is 4.30. The van der Waals surface area contributed by atoms with Crippen molar-refractivity contribution in [2.75, 3.05) is 24.5 Å². The lowest BCUT2D eigenvalue weighted by Gasteiger charge is -2.26. The van der Waals surface area contributed by atoms with Crippen LogP contribution in [0.1, 0.15) is 56.1 Å². The number of nitrogens with zero attached hydrogens (tertiary/aromatic N) is 2. The molecule has 1 aliphatic carbocycles. The van der Waals surface area contributed by atoms with Crippen molar-refractivity contribution < 1.29 is 4.79 Å². The van der Waals surface area contributed by atoms with Gasteiger partial charge >= 0.3 is 0 Å². The first-order chi connectivity index (χ1) is 12.2. The number of anilines is 1. The molecular formula is C21H31N3O. The molecule has 2 N–H and O–H groups in total. The van der Waals surface area contributed by atoms with Gasteiger partial charge in [-0.15, -0.1) is 0 Å². The number of piperidine rings is 1. The van der Waals surface area contributed by atoms with Gasteiger partial charge in [0.05, 0.1) is 6.04 Å². The Kier molecular flexibility index (Phi) is 5.09. The standard InChI is InChI=1S/C21H31N3O/c22-19(8-6-16-4-5-16)21(25)24-13-10-18-14-17(7-9-20(18)24)15-23-11-2-1-3-12-23/h7,9,14,16,19H,1-6,8,10-13,15,22H2. The van der Waals surface area contributed by atoms with Crippen LogP contribution in [-0.2, 0) is 17.8 Å². The van der Waals surface area contributed by atoms with Gasteiger partial charge in [0.1, 0.15) is 0 Å². The number of hydrogen-bond acceptors (Lipinski definition) is 3. The fourth-order valence-corrected chi connectivity index (χ4v) is 4.30. The topological polar surface area (TPSA) is 49.6 Å². The average Bonchev–Trinajstić information content (AvgIpc) is 3.38. The van der Waals surface area contributed by atoms with E-state index in [1.165, 1.54) is 56.3 Å². The number of benzene rings is 1. The van der Waals surface area contributed by atoms with Crippen molar-refractivity contribution in [3.63, 3.8) is 0 Å². The monoisotopic (exact) mass is 341 g/mol. The Morgan fingerprint density at radius 2 is 1.96 bits per heavy atom. The molecule has 25 heavy (non-hydrogen) atoms. The Hall–Kier alpha value is -1.39. The predicted molar refractivity (Wildman–Crippen MR) is 102 cm³/mol. The van der Waals surface area contributed by atoms with Crippen molar-refractivity contribution in [3.8, 4) is 0 Å². The summed E-state index contributed by atoms with van der Waals surface area (Å²) in [5.41, 5.74) is 9.98. The zero-order chi connectivity index (χ0) is 17.2. The molecule has 0 spiro atoms. The zero-order valence-corrected chi connectivity index (χ0v) is 15.3. The molecule has 1 amide bonds. The van der Waals surface area contributed by atoms with Crippen LogP contribution in [-0.4, -0.2) is 36.5 Å². The maximum absolute atomic E-state index is 12.7. The van der Waals surface area contributed by atoms with Crippen LogP contribution in [0.25, 0.3) is 0 Å². The lowest BCUT2D eigenvalue weighted by atomic mass is 10.1. The molecule has 1 unspecified atom stereocenters. The number of carbonyl (C=O) groups excluding carboxylic acids is 1. The van der Waals surface area contributed by atoms with Crippen LogP contribution >= 0.6 is 0 Å². The SMILES string of the molecule is NC(CCC1CC1)C(=O)N1CCc2cc(CN3CCCCC3)ccc21. The van der Waals surface area contributed by atoms with Crippen LogP contribution < -0.4 is 10.6 Å². The molecule has 1 atom stereocenters. The van der Waals surface area contributed by atoms with E-state index in [1.807, 2.05) is 4.90 Å². The van der Waals surface area contributed by atoms with Crippen molar-refractivity contribution in [1.29, 1.82) is 0 Å². The molecular weight excluding hydrogens is 310 g/mol. The summed E-state index contributed by atoms with van der Waals surface area (Å²) < 4.78 is 0.